The Morgan fingerprint density at radius 2 is 1.95 bits per heavy atom. The number of aliphatic hydroxyl groups is 1. The third kappa shape index (κ3) is 5.16. The quantitative estimate of drug-likeness (QED) is 0.721. The molecule has 1 aliphatic rings. The molecule has 0 spiro atoms. The van der Waals surface area contributed by atoms with Crippen LogP contribution < -0.4 is 10.6 Å². The maximum atomic E-state index is 9.74. The highest BCUT2D eigenvalue weighted by atomic mass is 16.3. The Morgan fingerprint density at radius 3 is 2.62 bits per heavy atom. The zero-order chi connectivity index (χ0) is 15.1. The Balaban J connectivity index is 1.97. The second-order valence-electron chi connectivity index (χ2n) is 5.90. The molecule has 0 radical (unpaired) electrons. The summed E-state index contributed by atoms with van der Waals surface area (Å²) in [5.41, 5.74) is 0. The van der Waals surface area contributed by atoms with E-state index in [1.54, 1.807) is 0 Å². The minimum atomic E-state index is -0.121. The van der Waals surface area contributed by atoms with Crippen LogP contribution in [0.4, 0.5) is 11.6 Å². The van der Waals surface area contributed by atoms with Gasteiger partial charge in [-0.25, -0.2) is 9.97 Å². The van der Waals surface area contributed by atoms with E-state index < -0.39 is 0 Å². The first-order chi connectivity index (χ1) is 10.2. The Bertz CT molecular complexity index is 414. The Morgan fingerprint density at radius 1 is 1.19 bits per heavy atom. The van der Waals surface area contributed by atoms with Crippen molar-refractivity contribution in [1.29, 1.82) is 0 Å². The van der Waals surface area contributed by atoms with Gasteiger partial charge >= 0.3 is 0 Å². The van der Waals surface area contributed by atoms with Gasteiger partial charge < -0.3 is 15.7 Å². The fourth-order valence-electron chi connectivity index (χ4n) is 2.89. The van der Waals surface area contributed by atoms with Gasteiger partial charge in [0.15, 0.2) is 0 Å². The van der Waals surface area contributed by atoms with E-state index in [0.29, 0.717) is 5.92 Å². The monoisotopic (exact) mass is 292 g/mol. The number of aromatic nitrogens is 2. The molecular formula is C16H28N4O. The molecule has 3 N–H and O–H groups in total. The van der Waals surface area contributed by atoms with Crippen molar-refractivity contribution in [3.63, 3.8) is 0 Å². The second kappa shape index (κ2) is 8.17. The van der Waals surface area contributed by atoms with Crippen LogP contribution in [0.25, 0.3) is 0 Å². The number of rotatable bonds is 7. The topological polar surface area (TPSA) is 70.1 Å². The van der Waals surface area contributed by atoms with E-state index in [4.69, 9.17) is 0 Å². The number of aliphatic hydroxyl groups excluding tert-OH is 1. The Hall–Kier alpha value is -1.36. The molecule has 1 saturated carbocycles. The van der Waals surface area contributed by atoms with Crippen molar-refractivity contribution < 1.29 is 5.11 Å². The smallest absolute Gasteiger partial charge is 0.133 e. The average Bonchev–Trinajstić information content (AvgIpc) is 2.46. The molecule has 5 nitrogen and oxygen atoms in total. The van der Waals surface area contributed by atoms with Crippen LogP contribution in [-0.2, 0) is 6.42 Å². The maximum absolute atomic E-state index is 9.74. The van der Waals surface area contributed by atoms with Crippen LogP contribution >= 0.6 is 0 Å². The molecule has 1 fully saturated rings. The molecule has 2 atom stereocenters. The summed E-state index contributed by atoms with van der Waals surface area (Å²) in [5.74, 6) is 3.22. The average molecular weight is 292 g/mol. The molecule has 1 heterocycles. The lowest BCUT2D eigenvalue weighted by Crippen LogP contribution is -2.25. The predicted molar refractivity (Wildman–Crippen MR) is 86.6 cm³/mol. The zero-order valence-electron chi connectivity index (χ0n) is 13.2. The van der Waals surface area contributed by atoms with Gasteiger partial charge in [-0.3, -0.25) is 0 Å². The van der Waals surface area contributed by atoms with Crippen molar-refractivity contribution in [3.05, 3.63) is 11.9 Å². The minimum Gasteiger partial charge on any atom is -0.393 e. The summed E-state index contributed by atoms with van der Waals surface area (Å²) in [7, 11) is 0. The molecule has 0 aromatic carbocycles. The van der Waals surface area contributed by atoms with E-state index in [2.05, 4.69) is 34.4 Å². The van der Waals surface area contributed by atoms with Crippen molar-refractivity contribution in [3.8, 4) is 0 Å². The van der Waals surface area contributed by atoms with Crippen molar-refractivity contribution in [1.82, 2.24) is 9.97 Å². The summed E-state index contributed by atoms with van der Waals surface area (Å²) in [6.45, 7) is 5.94. The van der Waals surface area contributed by atoms with Gasteiger partial charge in [-0.15, -0.1) is 0 Å². The van der Waals surface area contributed by atoms with E-state index in [0.717, 1.165) is 62.7 Å². The van der Waals surface area contributed by atoms with Gasteiger partial charge in [-0.05, 0) is 38.5 Å². The van der Waals surface area contributed by atoms with E-state index in [9.17, 15) is 5.11 Å². The molecule has 5 heteroatoms. The van der Waals surface area contributed by atoms with Gasteiger partial charge in [0.2, 0.25) is 0 Å². The van der Waals surface area contributed by atoms with Crippen LogP contribution in [0.2, 0.25) is 0 Å². The number of nitrogens with one attached hydrogen (secondary N) is 2. The molecule has 21 heavy (non-hydrogen) atoms. The van der Waals surface area contributed by atoms with Crippen molar-refractivity contribution >= 4 is 11.6 Å². The van der Waals surface area contributed by atoms with Crippen molar-refractivity contribution in [2.24, 2.45) is 5.92 Å². The van der Waals surface area contributed by atoms with Gasteiger partial charge in [0.05, 0.1) is 6.10 Å². The van der Waals surface area contributed by atoms with Gasteiger partial charge in [0.25, 0.3) is 0 Å². The van der Waals surface area contributed by atoms with Gasteiger partial charge in [0.1, 0.15) is 17.5 Å². The molecule has 2 unspecified atom stereocenters. The molecule has 0 saturated heterocycles. The predicted octanol–water partition coefficient (Wildman–Crippen LogP) is 2.82. The number of anilines is 2. The summed E-state index contributed by atoms with van der Waals surface area (Å²) >= 11 is 0. The van der Waals surface area contributed by atoms with Gasteiger partial charge in [-0.1, -0.05) is 13.3 Å². The highest BCUT2D eigenvalue weighted by Crippen LogP contribution is 2.24. The summed E-state index contributed by atoms with van der Waals surface area (Å²) in [6, 6.07) is 1.97. The van der Waals surface area contributed by atoms with E-state index >= 15 is 0 Å². The summed E-state index contributed by atoms with van der Waals surface area (Å²) in [4.78, 5) is 9.10. The van der Waals surface area contributed by atoms with Crippen LogP contribution in [0.3, 0.4) is 0 Å². The highest BCUT2D eigenvalue weighted by molar-refractivity contribution is 5.47. The van der Waals surface area contributed by atoms with E-state index in [-0.39, 0.29) is 6.10 Å². The molecule has 1 aliphatic carbocycles. The lowest BCUT2D eigenvalue weighted by atomic mass is 9.87. The number of hydrogen-bond acceptors (Lipinski definition) is 5. The van der Waals surface area contributed by atoms with Gasteiger partial charge in [0, 0.05) is 25.6 Å². The third-order valence-corrected chi connectivity index (χ3v) is 3.93. The lowest BCUT2D eigenvalue weighted by molar-refractivity contribution is 0.104. The van der Waals surface area contributed by atoms with Crippen LogP contribution in [0, 0.1) is 5.92 Å². The molecule has 2 rings (SSSR count). The van der Waals surface area contributed by atoms with Crippen LogP contribution in [0.1, 0.15) is 51.8 Å². The summed E-state index contributed by atoms with van der Waals surface area (Å²) in [6.07, 6.45) is 6.00. The van der Waals surface area contributed by atoms with Crippen LogP contribution in [0.15, 0.2) is 6.07 Å². The first-order valence-corrected chi connectivity index (χ1v) is 8.25. The number of nitrogens with zero attached hydrogens (tertiary/aromatic N) is 2. The summed E-state index contributed by atoms with van der Waals surface area (Å²) in [5, 5.41) is 16.4. The largest absolute Gasteiger partial charge is 0.393 e. The minimum absolute atomic E-state index is 0.121. The Kier molecular flexibility index (Phi) is 6.23. The molecular weight excluding hydrogens is 264 g/mol. The van der Waals surface area contributed by atoms with E-state index in [1.807, 2.05) is 6.07 Å². The number of hydrogen-bond donors (Lipinski definition) is 3. The standard InChI is InChI=1S/C16H28N4O/c1-3-6-14-19-15(17-4-2)10-16(20-14)18-11-12-7-5-8-13(21)9-12/h10,12-13,21H,3-9,11H2,1-2H3,(H2,17,18,19,20). The van der Waals surface area contributed by atoms with Gasteiger partial charge in [-0.2, -0.15) is 0 Å². The van der Waals surface area contributed by atoms with E-state index in [1.165, 1.54) is 6.42 Å². The molecule has 0 aliphatic heterocycles. The Labute approximate surface area is 127 Å². The zero-order valence-corrected chi connectivity index (χ0v) is 13.2. The lowest BCUT2D eigenvalue weighted by Gasteiger charge is -2.26. The second-order valence-corrected chi connectivity index (χ2v) is 5.90. The number of aryl methyl sites for hydroxylation is 1. The highest BCUT2D eigenvalue weighted by Gasteiger charge is 2.20. The fraction of sp³-hybridized carbons (Fsp3) is 0.750. The molecule has 0 bridgehead atoms. The molecule has 1 aromatic rings. The van der Waals surface area contributed by atoms with Crippen molar-refractivity contribution in [2.75, 3.05) is 23.7 Å². The SMILES string of the molecule is CCCc1nc(NCC)cc(NCC2CCCC(O)C2)n1. The van der Waals surface area contributed by atoms with Crippen LogP contribution in [-0.4, -0.2) is 34.3 Å². The fourth-order valence-corrected chi connectivity index (χ4v) is 2.89. The first kappa shape index (κ1) is 16.0. The van der Waals surface area contributed by atoms with Crippen LogP contribution in [0.5, 0.6) is 0 Å². The molecule has 1 aromatic heterocycles. The summed E-state index contributed by atoms with van der Waals surface area (Å²) < 4.78 is 0. The third-order valence-electron chi connectivity index (χ3n) is 3.93. The molecule has 118 valence electrons. The van der Waals surface area contributed by atoms with Crippen molar-refractivity contribution in [2.45, 2.75) is 58.5 Å². The first-order valence-electron chi connectivity index (χ1n) is 8.25. The normalized spacial score (nSPS) is 22.0. The maximum Gasteiger partial charge on any atom is 0.133 e. The molecule has 0 amide bonds.